The molecule has 0 aromatic heterocycles. The normalized spacial score (nSPS) is 21.0. The summed E-state index contributed by atoms with van der Waals surface area (Å²) < 4.78 is 11.2. The largest absolute Gasteiger partial charge is 0.394 e. The van der Waals surface area contributed by atoms with Crippen molar-refractivity contribution in [2.45, 2.75) is 275 Å². The smallest absolute Gasteiger partial charge is 0.220 e. The molecule has 0 spiro atoms. The van der Waals surface area contributed by atoms with Gasteiger partial charge >= 0.3 is 0 Å². The molecule has 7 atom stereocenters. The predicted octanol–water partition coefficient (Wildman–Crippen LogP) is 10.5. The fraction of sp³-hybridized carbons (Fsp3) is 0.938. The number of aliphatic hydroxyl groups excluding tert-OH is 5. The van der Waals surface area contributed by atoms with Crippen LogP contribution in [0, 0.1) is 0 Å². The van der Waals surface area contributed by atoms with Crippen LogP contribution in [0.1, 0.15) is 232 Å². The van der Waals surface area contributed by atoms with Crippen LogP contribution < -0.4 is 5.32 Å². The van der Waals surface area contributed by atoms with Crippen molar-refractivity contribution in [3.8, 4) is 0 Å². The fourth-order valence-electron chi connectivity index (χ4n) is 7.92. The number of hydrogen-bond acceptors (Lipinski definition) is 8. The van der Waals surface area contributed by atoms with Crippen LogP contribution in [0.15, 0.2) is 12.2 Å². The number of hydrogen-bond donors (Lipinski definition) is 6. The molecule has 0 saturated carbocycles. The maximum Gasteiger partial charge on any atom is 0.220 e. The molecule has 0 bridgehead atoms. The first-order valence-electron chi connectivity index (χ1n) is 24.4. The van der Waals surface area contributed by atoms with E-state index in [1.807, 2.05) is 6.08 Å². The molecule has 0 aromatic carbocycles. The topological polar surface area (TPSA) is 149 Å². The van der Waals surface area contributed by atoms with Crippen LogP contribution in [0.5, 0.6) is 0 Å². The van der Waals surface area contributed by atoms with Gasteiger partial charge < -0.3 is 40.3 Å². The SMILES string of the molecule is CCCCCCCCC/C=C/[C@@H](O)[C@H](CO[C@@H]1O[C@H](CO)[C@@H](O)C(O)C1O)NC(=O)CCCCCCCCCCCCCCCCCCCCCCCCCCC. The van der Waals surface area contributed by atoms with E-state index in [1.54, 1.807) is 6.08 Å². The highest BCUT2D eigenvalue weighted by Gasteiger charge is 2.44. The Labute approximate surface area is 350 Å². The summed E-state index contributed by atoms with van der Waals surface area (Å²) in [5.74, 6) is -0.175. The third-order valence-electron chi connectivity index (χ3n) is 11.9. The van der Waals surface area contributed by atoms with Crippen LogP contribution in [-0.4, -0.2) is 87.5 Å². The van der Waals surface area contributed by atoms with Gasteiger partial charge in [-0.2, -0.15) is 0 Å². The van der Waals surface area contributed by atoms with Gasteiger partial charge in [0.1, 0.15) is 24.4 Å². The van der Waals surface area contributed by atoms with Gasteiger partial charge in [-0.05, 0) is 19.3 Å². The molecule has 9 heteroatoms. The predicted molar refractivity (Wildman–Crippen MR) is 235 cm³/mol. The average molecular weight is 812 g/mol. The molecule has 1 aliphatic rings. The third kappa shape index (κ3) is 29.7. The van der Waals surface area contributed by atoms with Crippen LogP contribution in [0.3, 0.4) is 0 Å². The zero-order valence-electron chi connectivity index (χ0n) is 37.1. The van der Waals surface area contributed by atoms with E-state index >= 15 is 0 Å². The van der Waals surface area contributed by atoms with Crippen LogP contribution >= 0.6 is 0 Å². The first kappa shape index (κ1) is 53.9. The maximum absolute atomic E-state index is 12.9. The van der Waals surface area contributed by atoms with Crippen molar-refractivity contribution in [2.24, 2.45) is 0 Å². The molecule has 0 aromatic rings. The van der Waals surface area contributed by atoms with Gasteiger partial charge in [-0.25, -0.2) is 0 Å². The highest BCUT2D eigenvalue weighted by Crippen LogP contribution is 2.23. The molecule has 1 aliphatic heterocycles. The third-order valence-corrected chi connectivity index (χ3v) is 11.9. The van der Waals surface area contributed by atoms with E-state index in [0.717, 1.165) is 38.5 Å². The van der Waals surface area contributed by atoms with Gasteiger partial charge in [0.15, 0.2) is 6.29 Å². The summed E-state index contributed by atoms with van der Waals surface area (Å²) in [6, 6.07) is -0.797. The summed E-state index contributed by atoms with van der Waals surface area (Å²) in [4.78, 5) is 12.9. The Balaban J connectivity index is 2.17. The van der Waals surface area contributed by atoms with E-state index in [1.165, 1.54) is 173 Å². The highest BCUT2D eigenvalue weighted by molar-refractivity contribution is 5.76. The maximum atomic E-state index is 12.9. The standard InChI is InChI=1S/C48H93NO8/c1-3-5-7-9-11-13-14-15-16-17-18-19-20-21-22-23-24-25-26-27-28-30-32-34-36-38-44(52)49-41(42(51)37-35-33-31-29-12-10-8-6-4-2)40-56-48-47(55)46(54)45(53)43(39-50)57-48/h35,37,41-43,45-48,50-51,53-55H,3-34,36,38-40H2,1-2H3,(H,49,52)/b37-35+/t41-,42+,43+,45+,46?,47?,48+/m0/s1. The summed E-state index contributed by atoms with van der Waals surface area (Å²) in [5.41, 5.74) is 0. The summed E-state index contributed by atoms with van der Waals surface area (Å²) in [5, 5.41) is 54.0. The molecule has 1 saturated heterocycles. The Kier molecular flexibility index (Phi) is 37.0. The molecule has 1 heterocycles. The van der Waals surface area contributed by atoms with E-state index in [9.17, 15) is 30.3 Å². The van der Waals surface area contributed by atoms with Gasteiger partial charge in [0, 0.05) is 6.42 Å². The van der Waals surface area contributed by atoms with E-state index in [2.05, 4.69) is 19.2 Å². The molecule has 57 heavy (non-hydrogen) atoms. The van der Waals surface area contributed by atoms with Crippen molar-refractivity contribution in [3.63, 3.8) is 0 Å². The second-order valence-corrected chi connectivity index (χ2v) is 17.3. The highest BCUT2D eigenvalue weighted by atomic mass is 16.7. The van der Waals surface area contributed by atoms with E-state index in [-0.39, 0.29) is 12.5 Å². The van der Waals surface area contributed by atoms with Gasteiger partial charge in [0.25, 0.3) is 0 Å². The Morgan fingerprint density at radius 1 is 0.579 bits per heavy atom. The van der Waals surface area contributed by atoms with Crippen molar-refractivity contribution in [1.29, 1.82) is 0 Å². The molecule has 2 unspecified atom stereocenters. The fourth-order valence-corrected chi connectivity index (χ4v) is 7.92. The molecule has 9 nitrogen and oxygen atoms in total. The van der Waals surface area contributed by atoms with E-state index in [0.29, 0.717) is 6.42 Å². The van der Waals surface area contributed by atoms with Crippen molar-refractivity contribution in [3.05, 3.63) is 12.2 Å². The molecule has 338 valence electrons. The van der Waals surface area contributed by atoms with Gasteiger partial charge in [-0.15, -0.1) is 0 Å². The van der Waals surface area contributed by atoms with Crippen molar-refractivity contribution >= 4 is 5.91 Å². The number of allylic oxidation sites excluding steroid dienone is 1. The second-order valence-electron chi connectivity index (χ2n) is 17.3. The van der Waals surface area contributed by atoms with Gasteiger partial charge in [-0.1, -0.05) is 219 Å². The minimum absolute atomic E-state index is 0.175. The number of nitrogens with one attached hydrogen (secondary N) is 1. The lowest BCUT2D eigenvalue weighted by molar-refractivity contribution is -0.302. The van der Waals surface area contributed by atoms with Crippen LogP contribution in [0.2, 0.25) is 0 Å². The first-order chi connectivity index (χ1) is 27.8. The average Bonchev–Trinajstić information content (AvgIpc) is 3.21. The van der Waals surface area contributed by atoms with Gasteiger partial charge in [0.2, 0.25) is 5.91 Å². The minimum atomic E-state index is -1.56. The lowest BCUT2D eigenvalue weighted by atomic mass is 9.99. The molecular formula is C48H93NO8. The molecule has 1 amide bonds. The van der Waals surface area contributed by atoms with Crippen molar-refractivity contribution < 1.29 is 39.8 Å². The van der Waals surface area contributed by atoms with E-state index in [4.69, 9.17) is 9.47 Å². The molecule has 1 rings (SSSR count). The number of unbranched alkanes of at least 4 members (excludes halogenated alkanes) is 31. The number of carbonyl (C=O) groups is 1. The zero-order chi connectivity index (χ0) is 41.6. The van der Waals surface area contributed by atoms with Crippen molar-refractivity contribution in [1.82, 2.24) is 5.32 Å². The Hall–Kier alpha value is -1.07. The second kappa shape index (κ2) is 39.1. The summed E-state index contributed by atoms with van der Waals surface area (Å²) >= 11 is 0. The molecule has 0 radical (unpaired) electrons. The minimum Gasteiger partial charge on any atom is -0.394 e. The molecule has 1 fully saturated rings. The number of amides is 1. The lowest BCUT2D eigenvalue weighted by Gasteiger charge is -2.40. The number of ether oxygens (including phenoxy) is 2. The number of carbonyl (C=O) groups excluding carboxylic acids is 1. The van der Waals surface area contributed by atoms with Crippen molar-refractivity contribution in [2.75, 3.05) is 13.2 Å². The van der Waals surface area contributed by atoms with Gasteiger partial charge in [0.05, 0.1) is 25.4 Å². The molecule has 6 N–H and O–H groups in total. The number of aliphatic hydroxyl groups is 5. The summed E-state index contributed by atoms with van der Waals surface area (Å²) in [6.45, 7) is 3.76. The van der Waals surface area contributed by atoms with Crippen LogP contribution in [0.4, 0.5) is 0 Å². The van der Waals surface area contributed by atoms with E-state index < -0.39 is 49.5 Å². The van der Waals surface area contributed by atoms with Gasteiger partial charge in [-0.3, -0.25) is 4.79 Å². The lowest BCUT2D eigenvalue weighted by Crippen LogP contribution is -2.60. The zero-order valence-corrected chi connectivity index (χ0v) is 37.1. The monoisotopic (exact) mass is 812 g/mol. The Bertz CT molecular complexity index is 904. The van der Waals surface area contributed by atoms with Crippen LogP contribution in [0.25, 0.3) is 0 Å². The summed E-state index contributed by atoms with van der Waals surface area (Å²) in [6.07, 6.45) is 38.6. The van der Waals surface area contributed by atoms with Crippen LogP contribution in [-0.2, 0) is 14.3 Å². The Morgan fingerprint density at radius 3 is 1.37 bits per heavy atom. The quantitative estimate of drug-likeness (QED) is 0.0264. The Morgan fingerprint density at radius 2 is 0.965 bits per heavy atom. The molecule has 0 aliphatic carbocycles. The first-order valence-corrected chi connectivity index (χ1v) is 24.4. The summed E-state index contributed by atoms with van der Waals surface area (Å²) in [7, 11) is 0. The molecular weight excluding hydrogens is 719 g/mol. The number of rotatable bonds is 41.